The van der Waals surface area contributed by atoms with Crippen molar-refractivity contribution in [3.63, 3.8) is 0 Å². The number of benzene rings is 1. The molecule has 0 atom stereocenters. The van der Waals surface area contributed by atoms with Gasteiger partial charge in [0, 0.05) is 43.6 Å². The summed E-state index contributed by atoms with van der Waals surface area (Å²) < 4.78 is 42.7. The normalized spacial score (nSPS) is 16.0. The zero-order valence-corrected chi connectivity index (χ0v) is 16.1. The second-order valence-corrected chi connectivity index (χ2v) is 7.34. The molecule has 31 heavy (non-hydrogen) atoms. The number of aromatic amines is 1. The Bertz CT molecular complexity index is 1260. The van der Waals surface area contributed by atoms with E-state index in [-0.39, 0.29) is 37.4 Å². The van der Waals surface area contributed by atoms with Gasteiger partial charge in [-0.05, 0) is 18.2 Å². The van der Waals surface area contributed by atoms with E-state index >= 15 is 0 Å². The molecule has 3 aromatic heterocycles. The molecule has 8 nitrogen and oxygen atoms in total. The maximum atomic E-state index is 14.6. The van der Waals surface area contributed by atoms with Gasteiger partial charge in [-0.15, -0.1) is 0 Å². The lowest BCUT2D eigenvalue weighted by Gasteiger charge is -2.31. The number of alkyl halides is 2. The standard InChI is InChI=1S/C20H16F3N7O/c21-16-8-14(1-2-15(16)17-25-11-26-28-17)30-18-12(10-27-30)7-13(9-24-18)19(31)29-5-3-20(22,23)4-6-29/h1-2,7-11H,3-6H2,(H,25,26,28). The number of carbonyl (C=O) groups excluding carboxylic acids is 1. The van der Waals surface area contributed by atoms with Gasteiger partial charge < -0.3 is 4.90 Å². The summed E-state index contributed by atoms with van der Waals surface area (Å²) in [7, 11) is 0. The highest BCUT2D eigenvalue weighted by molar-refractivity contribution is 5.97. The lowest BCUT2D eigenvalue weighted by molar-refractivity contribution is -0.0494. The van der Waals surface area contributed by atoms with Crippen LogP contribution < -0.4 is 0 Å². The molecule has 0 unspecified atom stereocenters. The van der Waals surface area contributed by atoms with Crippen LogP contribution in [0.2, 0.25) is 0 Å². The van der Waals surface area contributed by atoms with Gasteiger partial charge in [0.15, 0.2) is 11.5 Å². The van der Waals surface area contributed by atoms with E-state index in [2.05, 4.69) is 25.3 Å². The number of likely N-dealkylation sites (tertiary alicyclic amines) is 1. The first kappa shape index (κ1) is 19.2. The van der Waals surface area contributed by atoms with Crippen LogP contribution in [0.5, 0.6) is 0 Å². The van der Waals surface area contributed by atoms with Crippen molar-refractivity contribution >= 4 is 16.9 Å². The molecule has 11 heteroatoms. The number of nitrogens with zero attached hydrogens (tertiary/aromatic N) is 6. The maximum absolute atomic E-state index is 14.6. The molecule has 1 amide bonds. The number of aromatic nitrogens is 6. The van der Waals surface area contributed by atoms with Crippen molar-refractivity contribution in [2.75, 3.05) is 13.1 Å². The predicted molar refractivity (Wildman–Crippen MR) is 104 cm³/mol. The van der Waals surface area contributed by atoms with Crippen LogP contribution in [-0.4, -0.2) is 59.8 Å². The average molecular weight is 427 g/mol. The molecule has 0 spiro atoms. The number of hydrogen-bond acceptors (Lipinski definition) is 5. The van der Waals surface area contributed by atoms with Gasteiger partial charge in [-0.3, -0.25) is 9.89 Å². The highest BCUT2D eigenvalue weighted by atomic mass is 19.3. The van der Waals surface area contributed by atoms with E-state index in [1.165, 1.54) is 34.4 Å². The van der Waals surface area contributed by atoms with Gasteiger partial charge in [0.05, 0.1) is 23.0 Å². The third-order valence-electron chi connectivity index (χ3n) is 5.30. The summed E-state index contributed by atoms with van der Waals surface area (Å²) in [5.74, 6) is -3.27. The number of pyridine rings is 1. The van der Waals surface area contributed by atoms with Crippen LogP contribution in [0.3, 0.4) is 0 Å². The van der Waals surface area contributed by atoms with Crippen molar-refractivity contribution in [2.24, 2.45) is 0 Å². The number of nitrogens with one attached hydrogen (secondary N) is 1. The van der Waals surface area contributed by atoms with E-state index in [1.807, 2.05) is 0 Å². The zero-order valence-electron chi connectivity index (χ0n) is 16.1. The summed E-state index contributed by atoms with van der Waals surface area (Å²) >= 11 is 0. The van der Waals surface area contributed by atoms with Crippen LogP contribution in [0, 0.1) is 5.82 Å². The minimum absolute atomic E-state index is 0.0000529. The number of fused-ring (bicyclic) bond motifs is 1. The Morgan fingerprint density at radius 3 is 2.61 bits per heavy atom. The lowest BCUT2D eigenvalue weighted by Crippen LogP contribution is -2.42. The quantitative estimate of drug-likeness (QED) is 0.542. The first-order valence-electron chi connectivity index (χ1n) is 9.58. The molecule has 0 saturated carbocycles. The first-order valence-corrected chi connectivity index (χ1v) is 9.58. The van der Waals surface area contributed by atoms with Crippen molar-refractivity contribution in [1.29, 1.82) is 0 Å². The van der Waals surface area contributed by atoms with E-state index in [0.717, 1.165) is 0 Å². The highest BCUT2D eigenvalue weighted by Crippen LogP contribution is 2.29. The predicted octanol–water partition coefficient (Wildman–Crippen LogP) is 3.22. The lowest BCUT2D eigenvalue weighted by atomic mass is 10.1. The van der Waals surface area contributed by atoms with Crippen molar-refractivity contribution in [3.8, 4) is 17.1 Å². The highest BCUT2D eigenvalue weighted by Gasteiger charge is 2.35. The van der Waals surface area contributed by atoms with Gasteiger partial charge >= 0.3 is 0 Å². The molecule has 5 rings (SSSR count). The average Bonchev–Trinajstić information content (AvgIpc) is 3.43. The molecule has 1 aliphatic heterocycles. The molecule has 158 valence electrons. The summed E-state index contributed by atoms with van der Waals surface area (Å²) in [6.45, 7) is -0.000106. The van der Waals surface area contributed by atoms with Gasteiger partial charge in [0.2, 0.25) is 0 Å². The fourth-order valence-corrected chi connectivity index (χ4v) is 3.61. The fourth-order valence-electron chi connectivity index (χ4n) is 3.61. The molecule has 1 N–H and O–H groups in total. The zero-order chi connectivity index (χ0) is 21.6. The first-order chi connectivity index (χ1) is 14.9. The van der Waals surface area contributed by atoms with Gasteiger partial charge in [-0.25, -0.2) is 27.8 Å². The number of hydrogen-bond donors (Lipinski definition) is 1. The van der Waals surface area contributed by atoms with E-state index in [1.54, 1.807) is 18.2 Å². The molecule has 4 aromatic rings. The molecule has 4 heterocycles. The molecular formula is C20H16F3N7O. The van der Waals surface area contributed by atoms with E-state index in [4.69, 9.17) is 0 Å². The SMILES string of the molecule is O=C(c1cnc2c(cnn2-c2ccc(-c3ncn[nH]3)c(F)c2)c1)N1CCC(F)(F)CC1. The summed E-state index contributed by atoms with van der Waals surface area (Å²) in [6.07, 6.45) is 3.51. The second kappa shape index (κ2) is 7.18. The number of amides is 1. The molecule has 1 aliphatic rings. The van der Waals surface area contributed by atoms with Crippen molar-refractivity contribution in [2.45, 2.75) is 18.8 Å². The number of carbonyl (C=O) groups is 1. The number of piperidine rings is 1. The largest absolute Gasteiger partial charge is 0.338 e. The molecule has 0 aliphatic carbocycles. The number of halogens is 3. The van der Waals surface area contributed by atoms with Crippen LogP contribution in [0.1, 0.15) is 23.2 Å². The van der Waals surface area contributed by atoms with E-state index < -0.39 is 11.7 Å². The minimum atomic E-state index is -2.72. The molecule has 1 saturated heterocycles. The van der Waals surface area contributed by atoms with Crippen LogP contribution in [-0.2, 0) is 0 Å². The molecule has 1 fully saturated rings. The smallest absolute Gasteiger partial charge is 0.255 e. The third-order valence-corrected chi connectivity index (χ3v) is 5.30. The Morgan fingerprint density at radius 2 is 1.90 bits per heavy atom. The van der Waals surface area contributed by atoms with Crippen LogP contribution in [0.4, 0.5) is 13.2 Å². The molecule has 0 radical (unpaired) electrons. The monoisotopic (exact) mass is 427 g/mol. The van der Waals surface area contributed by atoms with Crippen LogP contribution >= 0.6 is 0 Å². The molecule has 0 bridgehead atoms. The Kier molecular flexibility index (Phi) is 4.45. The Balaban J connectivity index is 1.42. The van der Waals surface area contributed by atoms with Gasteiger partial charge in [-0.2, -0.15) is 10.2 Å². The summed E-state index contributed by atoms with van der Waals surface area (Å²) in [5, 5.41) is 11.2. The van der Waals surface area contributed by atoms with Gasteiger partial charge in [0.1, 0.15) is 12.1 Å². The minimum Gasteiger partial charge on any atom is -0.338 e. The van der Waals surface area contributed by atoms with Crippen LogP contribution in [0.15, 0.2) is 43.0 Å². The van der Waals surface area contributed by atoms with Crippen molar-refractivity contribution < 1.29 is 18.0 Å². The number of rotatable bonds is 3. The second-order valence-electron chi connectivity index (χ2n) is 7.34. The van der Waals surface area contributed by atoms with E-state index in [0.29, 0.717) is 28.1 Å². The Hall–Kier alpha value is -3.76. The van der Waals surface area contributed by atoms with Gasteiger partial charge in [-0.1, -0.05) is 0 Å². The summed E-state index contributed by atoms with van der Waals surface area (Å²) in [4.78, 5) is 22.3. The maximum Gasteiger partial charge on any atom is 0.255 e. The summed E-state index contributed by atoms with van der Waals surface area (Å²) in [6, 6.07) is 6.14. The third kappa shape index (κ3) is 3.51. The Labute approximate surface area is 173 Å². The molecule has 1 aromatic carbocycles. The van der Waals surface area contributed by atoms with Crippen molar-refractivity contribution in [1.82, 2.24) is 34.8 Å². The molecular weight excluding hydrogens is 411 g/mol. The summed E-state index contributed by atoms with van der Waals surface area (Å²) in [5.41, 5.74) is 1.45. The van der Waals surface area contributed by atoms with Gasteiger partial charge in [0.25, 0.3) is 11.8 Å². The Morgan fingerprint density at radius 1 is 1.10 bits per heavy atom. The van der Waals surface area contributed by atoms with Crippen molar-refractivity contribution in [3.05, 3.63) is 54.4 Å². The topological polar surface area (TPSA) is 92.6 Å². The van der Waals surface area contributed by atoms with Crippen LogP contribution in [0.25, 0.3) is 28.1 Å². The fraction of sp³-hybridized carbons (Fsp3) is 0.250. The number of H-pyrrole nitrogens is 1. The van der Waals surface area contributed by atoms with E-state index in [9.17, 15) is 18.0 Å².